The summed E-state index contributed by atoms with van der Waals surface area (Å²) in [6, 6.07) is 6.42. The fourth-order valence-electron chi connectivity index (χ4n) is 2.92. The number of benzene rings is 1. The molecule has 0 aromatic heterocycles. The molecular formula is C17H21FN2O. The molecule has 0 unspecified atom stereocenters. The lowest BCUT2D eigenvalue weighted by atomic mass is 9.74. The van der Waals surface area contributed by atoms with Crippen molar-refractivity contribution < 1.29 is 9.18 Å². The van der Waals surface area contributed by atoms with Crippen LogP contribution in [0.1, 0.15) is 57.1 Å². The number of nitrogens with zero attached hydrogens (tertiary/aromatic N) is 1. The maximum atomic E-state index is 13.7. The molecule has 112 valence electrons. The number of carbonyl (C=O) groups excluding carboxylic acids is 1. The van der Waals surface area contributed by atoms with Gasteiger partial charge in [0, 0.05) is 6.04 Å². The second-order valence-corrected chi connectivity index (χ2v) is 5.73. The minimum absolute atomic E-state index is 0.0494. The van der Waals surface area contributed by atoms with Crippen molar-refractivity contribution in [3.05, 3.63) is 35.1 Å². The predicted octanol–water partition coefficient (Wildman–Crippen LogP) is 3.42. The van der Waals surface area contributed by atoms with Gasteiger partial charge in [-0.05, 0) is 55.9 Å². The fourth-order valence-corrected chi connectivity index (χ4v) is 2.92. The van der Waals surface area contributed by atoms with Crippen LogP contribution in [0, 0.1) is 17.1 Å². The first-order chi connectivity index (χ1) is 10.1. The van der Waals surface area contributed by atoms with E-state index in [4.69, 9.17) is 5.26 Å². The Balaban J connectivity index is 2.38. The summed E-state index contributed by atoms with van der Waals surface area (Å²) in [5.41, 5.74) is 0.0946. The van der Waals surface area contributed by atoms with Crippen LogP contribution >= 0.6 is 0 Å². The van der Waals surface area contributed by atoms with Crippen LogP contribution in [0.2, 0.25) is 0 Å². The highest BCUT2D eigenvalue weighted by atomic mass is 19.1. The molecule has 3 nitrogen and oxygen atoms in total. The third kappa shape index (κ3) is 2.92. The van der Waals surface area contributed by atoms with Crippen molar-refractivity contribution in [1.82, 2.24) is 5.32 Å². The highest BCUT2D eigenvalue weighted by Gasteiger charge is 2.38. The summed E-state index contributed by atoms with van der Waals surface area (Å²) in [4.78, 5) is 12.7. The molecule has 0 radical (unpaired) electrons. The highest BCUT2D eigenvalue weighted by Crippen LogP contribution is 2.34. The van der Waals surface area contributed by atoms with E-state index in [1.165, 1.54) is 12.1 Å². The van der Waals surface area contributed by atoms with Gasteiger partial charge in [0.15, 0.2) is 0 Å². The van der Waals surface area contributed by atoms with E-state index in [9.17, 15) is 9.18 Å². The average Bonchev–Trinajstić information content (AvgIpc) is 2.44. The summed E-state index contributed by atoms with van der Waals surface area (Å²) in [5.74, 6) is -0.515. The summed E-state index contributed by atoms with van der Waals surface area (Å²) in [6.45, 7) is 3.86. The van der Waals surface area contributed by atoms with Gasteiger partial charge >= 0.3 is 0 Å². The normalized spacial score (nSPS) is 15.1. The zero-order valence-corrected chi connectivity index (χ0v) is 12.6. The Hall–Kier alpha value is -1.89. The average molecular weight is 288 g/mol. The van der Waals surface area contributed by atoms with Crippen molar-refractivity contribution in [3.8, 4) is 6.07 Å². The van der Waals surface area contributed by atoms with E-state index in [2.05, 4.69) is 5.32 Å². The monoisotopic (exact) mass is 288 g/mol. The van der Waals surface area contributed by atoms with Crippen molar-refractivity contribution >= 4 is 5.91 Å². The van der Waals surface area contributed by atoms with Crippen LogP contribution in [0.25, 0.3) is 0 Å². The van der Waals surface area contributed by atoms with E-state index in [0.29, 0.717) is 18.4 Å². The van der Waals surface area contributed by atoms with Crippen molar-refractivity contribution in [2.45, 2.75) is 57.4 Å². The first-order valence-electron chi connectivity index (χ1n) is 7.58. The number of halogens is 1. The van der Waals surface area contributed by atoms with Crippen molar-refractivity contribution in [2.24, 2.45) is 0 Å². The Morgan fingerprint density at radius 3 is 2.52 bits per heavy atom. The summed E-state index contributed by atoms with van der Waals surface area (Å²) in [7, 11) is 0. The molecule has 1 aromatic rings. The van der Waals surface area contributed by atoms with Crippen molar-refractivity contribution in [3.63, 3.8) is 0 Å². The number of carbonyl (C=O) groups is 1. The van der Waals surface area contributed by atoms with Crippen molar-refractivity contribution in [1.29, 1.82) is 5.26 Å². The Morgan fingerprint density at radius 2 is 2.05 bits per heavy atom. The smallest absolute Gasteiger partial charge is 0.230 e. The second kappa shape index (κ2) is 6.26. The maximum Gasteiger partial charge on any atom is 0.230 e. The molecule has 1 amide bonds. The molecule has 0 aliphatic heterocycles. The van der Waals surface area contributed by atoms with Gasteiger partial charge in [0.2, 0.25) is 5.91 Å². The Bertz CT molecular complexity index is 569. The molecule has 21 heavy (non-hydrogen) atoms. The minimum atomic E-state index is -0.761. The molecular weight excluding hydrogens is 267 g/mol. The molecule has 2 rings (SSSR count). The van der Waals surface area contributed by atoms with E-state index in [0.717, 1.165) is 19.3 Å². The predicted molar refractivity (Wildman–Crippen MR) is 79.2 cm³/mol. The number of nitrogens with one attached hydrogen (secondary N) is 1. The molecule has 1 aromatic carbocycles. The van der Waals surface area contributed by atoms with Gasteiger partial charge in [0.1, 0.15) is 5.82 Å². The molecule has 1 saturated carbocycles. The third-order valence-electron chi connectivity index (χ3n) is 4.66. The SMILES string of the molecule is CCC(CC)(C(=O)NC1CCC1)c1cc(F)cc(C#N)c1. The van der Waals surface area contributed by atoms with Gasteiger partial charge in [0.25, 0.3) is 0 Å². The Labute approximate surface area is 125 Å². The first-order valence-corrected chi connectivity index (χ1v) is 7.58. The zero-order chi connectivity index (χ0) is 15.5. The number of nitriles is 1. The molecule has 0 heterocycles. The van der Waals surface area contributed by atoms with E-state index in [1.807, 2.05) is 19.9 Å². The fraction of sp³-hybridized carbons (Fsp3) is 0.529. The van der Waals surface area contributed by atoms with Crippen LogP contribution in [0.5, 0.6) is 0 Å². The van der Waals surface area contributed by atoms with E-state index in [1.54, 1.807) is 6.07 Å². The zero-order valence-electron chi connectivity index (χ0n) is 12.6. The second-order valence-electron chi connectivity index (χ2n) is 5.73. The largest absolute Gasteiger partial charge is 0.353 e. The van der Waals surface area contributed by atoms with Gasteiger partial charge in [-0.2, -0.15) is 5.26 Å². The first kappa shape index (κ1) is 15.5. The maximum absolute atomic E-state index is 13.7. The quantitative estimate of drug-likeness (QED) is 0.902. The van der Waals surface area contributed by atoms with Gasteiger partial charge in [-0.1, -0.05) is 13.8 Å². The van der Waals surface area contributed by atoms with Crippen LogP contribution < -0.4 is 5.32 Å². The van der Waals surface area contributed by atoms with Gasteiger partial charge in [0.05, 0.1) is 17.0 Å². The number of hydrogen-bond donors (Lipinski definition) is 1. The van der Waals surface area contributed by atoms with Gasteiger partial charge in [-0.15, -0.1) is 0 Å². The molecule has 1 aliphatic rings. The summed E-state index contributed by atoms with van der Waals surface area (Å²) in [6.07, 6.45) is 4.34. The van der Waals surface area contributed by atoms with E-state index >= 15 is 0 Å². The Kier molecular flexibility index (Phi) is 4.62. The molecule has 0 bridgehead atoms. The van der Waals surface area contributed by atoms with Gasteiger partial charge < -0.3 is 5.32 Å². The molecule has 1 N–H and O–H groups in total. The summed E-state index contributed by atoms with van der Waals surface area (Å²) < 4.78 is 13.7. The highest BCUT2D eigenvalue weighted by molar-refractivity contribution is 5.88. The summed E-state index contributed by atoms with van der Waals surface area (Å²) >= 11 is 0. The lowest BCUT2D eigenvalue weighted by Crippen LogP contribution is -2.49. The molecule has 1 fully saturated rings. The molecule has 0 saturated heterocycles. The summed E-state index contributed by atoms with van der Waals surface area (Å²) in [5, 5.41) is 12.1. The number of hydrogen-bond acceptors (Lipinski definition) is 2. The molecule has 4 heteroatoms. The van der Waals surface area contributed by atoms with Crippen LogP contribution in [-0.2, 0) is 10.2 Å². The minimum Gasteiger partial charge on any atom is -0.353 e. The topological polar surface area (TPSA) is 52.9 Å². The van der Waals surface area contributed by atoms with Crippen LogP contribution in [0.3, 0.4) is 0 Å². The lowest BCUT2D eigenvalue weighted by molar-refractivity contribution is -0.128. The molecule has 0 spiro atoms. The van der Waals surface area contributed by atoms with Gasteiger partial charge in [-0.25, -0.2) is 4.39 Å². The Morgan fingerprint density at radius 1 is 1.38 bits per heavy atom. The van der Waals surface area contributed by atoms with Crippen LogP contribution in [0.4, 0.5) is 4.39 Å². The molecule has 1 aliphatic carbocycles. The third-order valence-corrected chi connectivity index (χ3v) is 4.66. The van der Waals surface area contributed by atoms with Crippen LogP contribution in [0.15, 0.2) is 18.2 Å². The van der Waals surface area contributed by atoms with Crippen molar-refractivity contribution in [2.75, 3.05) is 0 Å². The standard InChI is InChI=1S/C17H21FN2O/c1-3-17(4-2,16(21)20-15-6-5-7-15)13-8-12(11-19)9-14(18)10-13/h8-10,15H,3-7H2,1-2H3,(H,20,21). The van der Waals surface area contributed by atoms with Gasteiger partial charge in [-0.3, -0.25) is 4.79 Å². The molecule has 0 atom stereocenters. The van der Waals surface area contributed by atoms with E-state index in [-0.39, 0.29) is 17.5 Å². The number of rotatable bonds is 5. The van der Waals surface area contributed by atoms with E-state index < -0.39 is 11.2 Å². The van der Waals surface area contributed by atoms with Crippen LogP contribution in [-0.4, -0.2) is 11.9 Å². The number of amides is 1. The lowest BCUT2D eigenvalue weighted by Gasteiger charge is -2.35.